The van der Waals surface area contributed by atoms with Crippen molar-refractivity contribution in [1.82, 2.24) is 19.5 Å². The zero-order valence-corrected chi connectivity index (χ0v) is 34.1. The van der Waals surface area contributed by atoms with Gasteiger partial charge in [-0.25, -0.2) is 19.1 Å². The Morgan fingerprint density at radius 2 is 1.72 bits per heavy atom. The van der Waals surface area contributed by atoms with Gasteiger partial charge < -0.3 is 25.8 Å². The highest BCUT2D eigenvalue weighted by Gasteiger charge is 2.40. The monoisotopic (exact) mass is 784 g/mol. The average molecular weight is 785 g/mol. The van der Waals surface area contributed by atoms with Gasteiger partial charge in [0, 0.05) is 53.2 Å². The maximum atomic E-state index is 14.2. The Labute approximate surface area is 332 Å². The van der Waals surface area contributed by atoms with Crippen LogP contribution in [0.2, 0.25) is 0 Å². The zero-order chi connectivity index (χ0) is 42.0. The third-order valence-corrected chi connectivity index (χ3v) is 9.84. The lowest BCUT2D eigenvalue weighted by Crippen LogP contribution is -2.57. The summed E-state index contributed by atoms with van der Waals surface area (Å²) in [5.41, 5.74) is 0.680. The van der Waals surface area contributed by atoms with Crippen molar-refractivity contribution < 1.29 is 33.4 Å². The predicted molar refractivity (Wildman–Crippen MR) is 219 cm³/mol. The zero-order valence-electron chi connectivity index (χ0n) is 34.1. The van der Waals surface area contributed by atoms with Crippen molar-refractivity contribution in [1.29, 1.82) is 0 Å². The van der Waals surface area contributed by atoms with E-state index in [-0.39, 0.29) is 28.7 Å². The average Bonchev–Trinajstić information content (AvgIpc) is 3.54. The minimum atomic E-state index is -1.16. The van der Waals surface area contributed by atoms with Crippen LogP contribution in [0.1, 0.15) is 97.0 Å². The lowest BCUT2D eigenvalue weighted by atomic mass is 9.84. The van der Waals surface area contributed by atoms with Crippen LogP contribution in [0.3, 0.4) is 0 Å². The van der Waals surface area contributed by atoms with E-state index >= 15 is 0 Å². The van der Waals surface area contributed by atoms with E-state index in [0.717, 1.165) is 18.4 Å². The van der Waals surface area contributed by atoms with Gasteiger partial charge in [-0.05, 0) is 110 Å². The van der Waals surface area contributed by atoms with Gasteiger partial charge in [-0.15, -0.1) is 0 Å². The summed E-state index contributed by atoms with van der Waals surface area (Å²) in [6.45, 7) is 21.1. The van der Waals surface area contributed by atoms with Crippen LogP contribution >= 0.6 is 0 Å². The molecular formula is C42H53FN8O6. The first-order chi connectivity index (χ1) is 26.5. The molecule has 1 aliphatic heterocycles. The van der Waals surface area contributed by atoms with Crippen LogP contribution in [0.5, 0.6) is 0 Å². The van der Waals surface area contributed by atoms with Crippen LogP contribution in [0.4, 0.5) is 37.9 Å². The second-order valence-corrected chi connectivity index (χ2v) is 17.0. The van der Waals surface area contributed by atoms with Crippen LogP contribution < -0.4 is 20.9 Å². The Balaban J connectivity index is 1.50. The lowest BCUT2D eigenvalue weighted by molar-refractivity contribution is -0.149. The van der Waals surface area contributed by atoms with Gasteiger partial charge in [0.05, 0.1) is 17.3 Å². The number of amides is 3. The van der Waals surface area contributed by atoms with Crippen LogP contribution in [-0.4, -0.2) is 78.8 Å². The summed E-state index contributed by atoms with van der Waals surface area (Å²) in [7, 11) is 0. The number of hydrogen-bond acceptors (Lipinski definition) is 9. The number of benzene rings is 2. The fourth-order valence-corrected chi connectivity index (χ4v) is 6.52. The van der Waals surface area contributed by atoms with E-state index in [1.54, 1.807) is 87.8 Å². The molecule has 0 spiro atoms. The number of carboxylic acid groups (broad SMARTS) is 1. The third kappa shape index (κ3) is 10.1. The Morgan fingerprint density at radius 1 is 1.04 bits per heavy atom. The van der Waals surface area contributed by atoms with E-state index in [0.29, 0.717) is 41.7 Å². The number of aromatic nitrogens is 3. The minimum Gasteiger partial charge on any atom is -0.481 e. The molecule has 2 aromatic carbocycles. The molecule has 1 atom stereocenters. The van der Waals surface area contributed by atoms with E-state index in [2.05, 4.69) is 46.4 Å². The van der Waals surface area contributed by atoms with Gasteiger partial charge in [-0.2, -0.15) is 9.61 Å². The summed E-state index contributed by atoms with van der Waals surface area (Å²) >= 11 is 0. The molecule has 14 nitrogen and oxygen atoms in total. The number of aliphatic carboxylic acids is 1. The molecule has 4 N–H and O–H groups in total. The molecule has 0 radical (unpaired) electrons. The fourth-order valence-electron chi connectivity index (χ4n) is 6.52. The van der Waals surface area contributed by atoms with Crippen molar-refractivity contribution in [3.8, 4) is 0 Å². The van der Waals surface area contributed by atoms with Crippen molar-refractivity contribution in [2.45, 2.75) is 98.3 Å². The normalized spacial score (nSPS) is 15.9. The Hall–Kier alpha value is -5.83. The van der Waals surface area contributed by atoms with Crippen molar-refractivity contribution in [2.24, 2.45) is 5.41 Å². The Morgan fingerprint density at radius 3 is 2.33 bits per heavy atom. The molecule has 3 amide bonds. The number of nitrogens with zero attached hydrogens (tertiary/aromatic N) is 5. The van der Waals surface area contributed by atoms with Crippen molar-refractivity contribution in [3.05, 3.63) is 84.3 Å². The predicted octanol–water partition coefficient (Wildman–Crippen LogP) is 8.37. The first-order valence-electron chi connectivity index (χ1n) is 18.9. The van der Waals surface area contributed by atoms with Crippen molar-refractivity contribution >= 4 is 58.2 Å². The number of anilines is 5. The summed E-state index contributed by atoms with van der Waals surface area (Å²) < 4.78 is 20.8. The summed E-state index contributed by atoms with van der Waals surface area (Å²) in [6, 6.07) is 14.3. The topological polar surface area (TPSA) is 170 Å². The molecule has 1 fully saturated rings. The third-order valence-electron chi connectivity index (χ3n) is 9.84. The maximum Gasteiger partial charge on any atom is 0.420 e. The molecule has 0 bridgehead atoms. The molecule has 2 aromatic heterocycles. The molecule has 0 saturated carbocycles. The largest absolute Gasteiger partial charge is 0.481 e. The number of fused-ring (bicyclic) bond motifs is 1. The van der Waals surface area contributed by atoms with Crippen LogP contribution in [0.25, 0.3) is 5.65 Å². The van der Waals surface area contributed by atoms with E-state index in [1.807, 2.05) is 13.8 Å². The highest BCUT2D eigenvalue weighted by atomic mass is 19.1. The van der Waals surface area contributed by atoms with Gasteiger partial charge >= 0.3 is 12.1 Å². The number of likely N-dealkylation sites (tertiary alicyclic amines) is 1. The second kappa shape index (κ2) is 16.3. The standard InChI is InChI=1S/C42H53FN8O6/c1-25(2)32-22-44-51-34(21-33(48-35(32)51)45-30-18-19-42(9,10)49(23-30)24-41(7,8)38(54)55)50(39(56)57-40(4,5)6)31-16-14-28(15-17-31)46-37(53)27-12-11-13-29(20-27)47-36(52)26(3)43/h11-17,20-22,25,30H,3,18-19,23-24H2,1-2,4-10H3,(H,45,48)(H,46,53)(H,47,52)(H,54,55)/t30-/m0/s1. The number of piperidine rings is 1. The lowest BCUT2D eigenvalue weighted by Gasteiger charge is -2.48. The number of halogens is 1. The molecule has 304 valence electrons. The first-order valence-corrected chi connectivity index (χ1v) is 18.9. The smallest absolute Gasteiger partial charge is 0.420 e. The fraction of sp³-hybridized carbons (Fsp3) is 0.429. The summed E-state index contributed by atoms with van der Waals surface area (Å²) in [6.07, 6.45) is 2.70. The van der Waals surface area contributed by atoms with Gasteiger partial charge in [0.1, 0.15) is 17.2 Å². The van der Waals surface area contributed by atoms with E-state index in [1.165, 1.54) is 17.0 Å². The van der Waals surface area contributed by atoms with Gasteiger partial charge in [0.25, 0.3) is 11.8 Å². The van der Waals surface area contributed by atoms with Gasteiger partial charge in [0.15, 0.2) is 11.5 Å². The van der Waals surface area contributed by atoms with E-state index in [9.17, 15) is 28.7 Å². The molecule has 3 heterocycles. The number of carbonyl (C=O) groups is 4. The molecule has 4 aromatic rings. The highest BCUT2D eigenvalue weighted by Crippen LogP contribution is 2.35. The molecule has 5 rings (SSSR count). The van der Waals surface area contributed by atoms with Crippen LogP contribution in [0, 0.1) is 5.41 Å². The van der Waals surface area contributed by atoms with Crippen molar-refractivity contribution in [3.63, 3.8) is 0 Å². The minimum absolute atomic E-state index is 0.0558. The SMILES string of the molecule is C=C(F)C(=O)Nc1cccc(C(=O)Nc2ccc(N(C(=O)OC(C)(C)C)c3cc(N[C@H]4CCC(C)(C)N(CC(C)(C)C(=O)O)C4)nc4c(C(C)C)cnn34)cc2)c1. The number of nitrogens with one attached hydrogen (secondary N) is 3. The van der Waals surface area contributed by atoms with Gasteiger partial charge in [-0.1, -0.05) is 26.5 Å². The number of carboxylic acids is 1. The number of ether oxygens (including phenoxy) is 1. The van der Waals surface area contributed by atoms with Gasteiger partial charge in [0.2, 0.25) is 0 Å². The molecule has 1 aliphatic rings. The quantitative estimate of drug-likeness (QED) is 0.102. The molecule has 1 saturated heterocycles. The van der Waals surface area contributed by atoms with Gasteiger partial charge in [-0.3, -0.25) is 19.3 Å². The maximum absolute atomic E-state index is 14.2. The second-order valence-electron chi connectivity index (χ2n) is 17.0. The first kappa shape index (κ1) is 42.3. The number of hydrogen-bond donors (Lipinski definition) is 4. The highest BCUT2D eigenvalue weighted by molar-refractivity contribution is 6.06. The molecule has 57 heavy (non-hydrogen) atoms. The summed E-state index contributed by atoms with van der Waals surface area (Å²) in [4.78, 5) is 59.8. The number of carbonyl (C=O) groups excluding carboxylic acids is 3. The molecular weight excluding hydrogens is 732 g/mol. The summed E-state index contributed by atoms with van der Waals surface area (Å²) in [5, 5.41) is 23.3. The Kier molecular flexibility index (Phi) is 12.1. The van der Waals surface area contributed by atoms with Crippen LogP contribution in [0.15, 0.2) is 73.2 Å². The molecule has 0 unspecified atom stereocenters. The van der Waals surface area contributed by atoms with Crippen LogP contribution in [-0.2, 0) is 14.3 Å². The summed E-state index contributed by atoms with van der Waals surface area (Å²) in [5.74, 6) is -2.59. The van der Waals surface area contributed by atoms with Crippen molar-refractivity contribution in [2.75, 3.05) is 33.9 Å². The van der Waals surface area contributed by atoms with E-state index in [4.69, 9.17) is 9.72 Å². The van der Waals surface area contributed by atoms with E-state index < -0.39 is 40.7 Å². The Bertz CT molecular complexity index is 2170. The molecule has 15 heteroatoms. The number of rotatable bonds is 12. The molecule has 0 aliphatic carbocycles.